The molecule has 1 aromatic carbocycles. The van der Waals surface area contributed by atoms with Crippen LogP contribution >= 0.6 is 0 Å². The van der Waals surface area contributed by atoms with Crippen LogP contribution in [0.5, 0.6) is 0 Å². The molecule has 0 bridgehead atoms. The Morgan fingerprint density at radius 3 is 2.25 bits per heavy atom. The zero-order chi connectivity index (χ0) is 18.0. The molecule has 0 unspecified atom stereocenters. The molecular formula is C18H25FN2O2S. The molecule has 0 aromatic heterocycles. The quantitative estimate of drug-likeness (QED) is 0.817. The fourth-order valence-electron chi connectivity index (χ4n) is 2.90. The zero-order valence-electron chi connectivity index (χ0n) is 14.4. The van der Waals surface area contributed by atoms with E-state index in [0.29, 0.717) is 37.2 Å². The first-order valence-electron chi connectivity index (χ1n) is 8.17. The van der Waals surface area contributed by atoms with E-state index in [1.807, 2.05) is 13.0 Å². The van der Waals surface area contributed by atoms with E-state index in [9.17, 15) is 12.8 Å². The number of nitrogens with zero attached hydrogens (tertiary/aromatic N) is 1. The fraction of sp³-hybridized carbons (Fsp3) is 0.500. The van der Waals surface area contributed by atoms with Gasteiger partial charge in [-0.05, 0) is 57.4 Å². The van der Waals surface area contributed by atoms with Gasteiger partial charge in [0.1, 0.15) is 5.67 Å². The first-order valence-corrected chi connectivity index (χ1v) is 9.61. The zero-order valence-corrected chi connectivity index (χ0v) is 15.2. The maximum atomic E-state index is 13.9. The van der Waals surface area contributed by atoms with Crippen molar-refractivity contribution in [3.63, 3.8) is 0 Å². The number of hydrogen-bond acceptors (Lipinski definition) is 3. The maximum absolute atomic E-state index is 13.9. The van der Waals surface area contributed by atoms with Gasteiger partial charge in [-0.2, -0.15) is 4.31 Å². The summed E-state index contributed by atoms with van der Waals surface area (Å²) in [5, 5.41) is 7.96. The number of sulfonamides is 1. The van der Waals surface area contributed by atoms with Crippen LogP contribution in [0.1, 0.15) is 39.2 Å². The third-order valence-corrected chi connectivity index (χ3v) is 6.33. The van der Waals surface area contributed by atoms with Gasteiger partial charge in [0.15, 0.2) is 0 Å². The largest absolute Gasteiger partial charge is 0.305 e. The minimum atomic E-state index is -3.56. The SMILES string of the molecule is C/C=C\C(=N)C1CCN(S(=O)(=O)c2ccc(C(C)(C)F)cc2)CC1. The van der Waals surface area contributed by atoms with Crippen molar-refractivity contribution in [2.45, 2.75) is 44.2 Å². The predicted octanol–water partition coefficient (Wildman–Crippen LogP) is 3.89. The molecule has 0 atom stereocenters. The summed E-state index contributed by atoms with van der Waals surface area (Å²) in [7, 11) is -3.56. The molecule has 0 saturated carbocycles. The highest BCUT2D eigenvalue weighted by Gasteiger charge is 2.30. The molecule has 1 aliphatic rings. The molecule has 4 nitrogen and oxygen atoms in total. The first-order chi connectivity index (χ1) is 11.2. The van der Waals surface area contributed by atoms with Crippen LogP contribution in [-0.2, 0) is 15.7 Å². The normalized spacial score (nSPS) is 18.2. The average molecular weight is 352 g/mol. The molecule has 1 aromatic rings. The third kappa shape index (κ3) is 4.11. The van der Waals surface area contributed by atoms with Crippen molar-refractivity contribution in [3.05, 3.63) is 42.0 Å². The Kier molecular flexibility index (Phi) is 5.60. The third-order valence-electron chi connectivity index (χ3n) is 4.42. The summed E-state index contributed by atoms with van der Waals surface area (Å²) in [5.74, 6) is 0.113. The molecule has 24 heavy (non-hydrogen) atoms. The van der Waals surface area contributed by atoms with Gasteiger partial charge in [0.2, 0.25) is 10.0 Å². The summed E-state index contributed by atoms with van der Waals surface area (Å²) in [6.07, 6.45) is 4.90. The molecule has 1 saturated heterocycles. The number of alkyl halides is 1. The lowest BCUT2D eigenvalue weighted by molar-refractivity contribution is 0.221. The summed E-state index contributed by atoms with van der Waals surface area (Å²) < 4.78 is 40.8. The Balaban J connectivity index is 2.10. The van der Waals surface area contributed by atoms with Crippen molar-refractivity contribution in [1.82, 2.24) is 4.31 Å². The van der Waals surface area contributed by atoms with Gasteiger partial charge in [-0.3, -0.25) is 0 Å². The summed E-state index contributed by atoms with van der Waals surface area (Å²) in [5.41, 5.74) is -0.475. The van der Waals surface area contributed by atoms with Crippen LogP contribution in [0.4, 0.5) is 4.39 Å². The van der Waals surface area contributed by atoms with Gasteiger partial charge in [0, 0.05) is 24.7 Å². The maximum Gasteiger partial charge on any atom is 0.243 e. The molecule has 132 valence electrons. The lowest BCUT2D eigenvalue weighted by Gasteiger charge is -2.31. The standard InChI is InChI=1S/C18H25FN2O2S/c1-4-5-17(20)14-10-12-21(13-11-14)24(22,23)16-8-6-15(7-9-16)18(2,3)19/h4-9,14,20H,10-13H2,1-3H3/b5-4-,20-17?. The smallest absolute Gasteiger partial charge is 0.243 e. The molecule has 0 aliphatic carbocycles. The molecule has 2 rings (SSSR count). The number of rotatable bonds is 5. The van der Waals surface area contributed by atoms with Gasteiger partial charge >= 0.3 is 0 Å². The average Bonchev–Trinajstić information content (AvgIpc) is 2.54. The van der Waals surface area contributed by atoms with Crippen LogP contribution in [0.2, 0.25) is 0 Å². The van der Waals surface area contributed by atoms with Crippen LogP contribution in [-0.4, -0.2) is 31.5 Å². The molecule has 1 aliphatic heterocycles. The molecule has 0 radical (unpaired) electrons. The van der Waals surface area contributed by atoms with E-state index in [1.54, 1.807) is 6.08 Å². The highest BCUT2D eigenvalue weighted by atomic mass is 32.2. The van der Waals surface area contributed by atoms with Crippen LogP contribution < -0.4 is 0 Å². The highest BCUT2D eigenvalue weighted by molar-refractivity contribution is 7.89. The van der Waals surface area contributed by atoms with Crippen molar-refractivity contribution in [1.29, 1.82) is 5.41 Å². The predicted molar refractivity (Wildman–Crippen MR) is 94.6 cm³/mol. The monoisotopic (exact) mass is 352 g/mol. The lowest BCUT2D eigenvalue weighted by Crippen LogP contribution is -2.39. The Morgan fingerprint density at radius 2 is 1.79 bits per heavy atom. The highest BCUT2D eigenvalue weighted by Crippen LogP contribution is 2.28. The topological polar surface area (TPSA) is 61.2 Å². The minimum Gasteiger partial charge on any atom is -0.305 e. The Labute approximate surface area is 143 Å². The van der Waals surface area contributed by atoms with E-state index in [1.165, 1.54) is 42.4 Å². The van der Waals surface area contributed by atoms with Gasteiger partial charge in [0.05, 0.1) is 4.90 Å². The summed E-state index contributed by atoms with van der Waals surface area (Å²) in [4.78, 5) is 0.192. The molecule has 0 amide bonds. The Hall–Kier alpha value is -1.53. The van der Waals surface area contributed by atoms with Gasteiger partial charge in [-0.1, -0.05) is 18.2 Å². The molecular weight excluding hydrogens is 327 g/mol. The van der Waals surface area contributed by atoms with Crippen molar-refractivity contribution in [2.24, 2.45) is 5.92 Å². The number of allylic oxidation sites excluding steroid dienone is 2. The van der Waals surface area contributed by atoms with Gasteiger partial charge < -0.3 is 5.41 Å². The van der Waals surface area contributed by atoms with E-state index in [2.05, 4.69) is 0 Å². The van der Waals surface area contributed by atoms with Crippen molar-refractivity contribution >= 4 is 15.7 Å². The van der Waals surface area contributed by atoms with Gasteiger partial charge in [-0.25, -0.2) is 12.8 Å². The van der Waals surface area contributed by atoms with Crippen LogP contribution in [0.15, 0.2) is 41.3 Å². The summed E-state index contributed by atoms with van der Waals surface area (Å²) in [6, 6.07) is 6.00. The second-order valence-corrected chi connectivity index (χ2v) is 8.57. The van der Waals surface area contributed by atoms with E-state index in [0.717, 1.165) is 0 Å². The number of nitrogens with one attached hydrogen (secondary N) is 1. The van der Waals surface area contributed by atoms with Crippen LogP contribution in [0.25, 0.3) is 0 Å². The number of benzene rings is 1. The van der Waals surface area contributed by atoms with Crippen molar-refractivity contribution < 1.29 is 12.8 Å². The first kappa shape index (κ1) is 18.8. The van der Waals surface area contributed by atoms with Crippen molar-refractivity contribution in [3.8, 4) is 0 Å². The number of piperidine rings is 1. The van der Waals surface area contributed by atoms with Gasteiger partial charge in [0.25, 0.3) is 0 Å². The second-order valence-electron chi connectivity index (χ2n) is 6.63. The summed E-state index contributed by atoms with van der Waals surface area (Å²) in [6.45, 7) is 5.57. The minimum absolute atomic E-state index is 0.113. The second kappa shape index (κ2) is 7.15. The lowest BCUT2D eigenvalue weighted by atomic mass is 9.93. The molecule has 1 fully saturated rings. The molecule has 6 heteroatoms. The Morgan fingerprint density at radius 1 is 1.25 bits per heavy atom. The van der Waals surface area contributed by atoms with Crippen LogP contribution in [0.3, 0.4) is 0 Å². The number of halogens is 1. The van der Waals surface area contributed by atoms with Gasteiger partial charge in [-0.15, -0.1) is 0 Å². The van der Waals surface area contributed by atoms with E-state index in [-0.39, 0.29) is 10.8 Å². The fourth-order valence-corrected chi connectivity index (χ4v) is 4.36. The number of hydrogen-bond donors (Lipinski definition) is 1. The van der Waals surface area contributed by atoms with Crippen LogP contribution in [0, 0.1) is 11.3 Å². The summed E-state index contributed by atoms with van der Waals surface area (Å²) >= 11 is 0. The van der Waals surface area contributed by atoms with E-state index in [4.69, 9.17) is 5.41 Å². The van der Waals surface area contributed by atoms with Crippen molar-refractivity contribution in [2.75, 3.05) is 13.1 Å². The van der Waals surface area contributed by atoms with E-state index >= 15 is 0 Å². The molecule has 0 spiro atoms. The molecule has 1 N–H and O–H groups in total. The van der Waals surface area contributed by atoms with E-state index < -0.39 is 15.7 Å². The Bertz CT molecular complexity index is 710. The molecule has 1 heterocycles.